The van der Waals surface area contributed by atoms with Crippen molar-refractivity contribution in [2.24, 2.45) is 5.73 Å². The number of amides is 1. The molecule has 30 heavy (non-hydrogen) atoms. The predicted molar refractivity (Wildman–Crippen MR) is 116 cm³/mol. The highest BCUT2D eigenvalue weighted by Gasteiger charge is 2.59. The van der Waals surface area contributed by atoms with E-state index in [9.17, 15) is 13.2 Å². The number of carbonyl (C=O) groups is 1. The van der Waals surface area contributed by atoms with E-state index in [1.807, 2.05) is 12.1 Å². The van der Waals surface area contributed by atoms with Gasteiger partial charge in [0.25, 0.3) is 0 Å². The Labute approximate surface area is 179 Å². The summed E-state index contributed by atoms with van der Waals surface area (Å²) in [7, 11) is -3.74. The standard InChI is InChI=1S/C22H32N4O3S/c23-20(27)22-9-1-2-15-26(22)30(28,29)25(17-22)19-7-5-18(6-8-19)21(10-11-21)12-16-24-13-3-4-14-24/h5-8H,1-4,9-17H2,(H2,23,27)/t22-/m1/s1. The fraction of sp³-hybridized carbons (Fsp3) is 0.682. The summed E-state index contributed by atoms with van der Waals surface area (Å²) in [5.74, 6) is -0.538. The number of likely N-dealkylation sites (tertiary alicyclic amines) is 1. The maximum atomic E-state index is 13.2. The quantitative estimate of drug-likeness (QED) is 0.745. The second kappa shape index (κ2) is 7.21. The van der Waals surface area contributed by atoms with Gasteiger partial charge in [0.15, 0.2) is 0 Å². The van der Waals surface area contributed by atoms with Crippen LogP contribution in [-0.2, 0) is 20.4 Å². The molecule has 1 aliphatic carbocycles. The lowest BCUT2D eigenvalue weighted by atomic mass is 9.88. The molecule has 1 atom stereocenters. The number of hydrogen-bond donors (Lipinski definition) is 1. The Morgan fingerprint density at radius 2 is 1.63 bits per heavy atom. The summed E-state index contributed by atoms with van der Waals surface area (Å²) in [6, 6.07) is 8.01. The van der Waals surface area contributed by atoms with Crippen LogP contribution < -0.4 is 10.0 Å². The first-order valence-electron chi connectivity index (χ1n) is 11.3. The molecular weight excluding hydrogens is 400 g/mol. The molecule has 0 aromatic heterocycles. The van der Waals surface area contributed by atoms with Crippen molar-refractivity contribution < 1.29 is 13.2 Å². The first-order chi connectivity index (χ1) is 14.4. The molecule has 7 nitrogen and oxygen atoms in total. The number of primary amides is 1. The molecule has 0 bridgehead atoms. The zero-order chi connectivity index (χ0) is 21.0. The fourth-order valence-corrected chi connectivity index (χ4v) is 7.73. The summed E-state index contributed by atoms with van der Waals surface area (Å²) in [5.41, 5.74) is 6.79. The molecule has 1 aromatic carbocycles. The number of nitrogens with two attached hydrogens (primary N) is 1. The summed E-state index contributed by atoms with van der Waals surface area (Å²) >= 11 is 0. The molecule has 0 radical (unpaired) electrons. The third kappa shape index (κ3) is 3.15. The van der Waals surface area contributed by atoms with Crippen LogP contribution in [0.4, 0.5) is 5.69 Å². The molecule has 0 spiro atoms. The van der Waals surface area contributed by atoms with Crippen LogP contribution >= 0.6 is 0 Å². The second-order valence-electron chi connectivity index (χ2n) is 9.57. The van der Waals surface area contributed by atoms with E-state index in [1.54, 1.807) is 0 Å². The van der Waals surface area contributed by atoms with Gasteiger partial charge >= 0.3 is 10.2 Å². The molecule has 4 fully saturated rings. The Hall–Kier alpha value is -1.64. The molecule has 8 heteroatoms. The SMILES string of the molecule is NC(=O)[C@]12CCCCN1S(=O)(=O)N(c1ccc(C3(CCN4CCCC4)CC3)cc1)C2. The minimum atomic E-state index is -3.74. The van der Waals surface area contributed by atoms with Crippen LogP contribution in [0.15, 0.2) is 24.3 Å². The number of rotatable bonds is 6. The average molecular weight is 433 g/mol. The van der Waals surface area contributed by atoms with Crippen LogP contribution in [0.5, 0.6) is 0 Å². The van der Waals surface area contributed by atoms with E-state index in [2.05, 4.69) is 17.0 Å². The summed E-state index contributed by atoms with van der Waals surface area (Å²) in [6.45, 7) is 4.07. The Balaban J connectivity index is 1.36. The van der Waals surface area contributed by atoms with Crippen molar-refractivity contribution in [3.8, 4) is 0 Å². The number of hydrogen-bond acceptors (Lipinski definition) is 4. The van der Waals surface area contributed by atoms with E-state index in [4.69, 9.17) is 5.73 Å². The van der Waals surface area contributed by atoms with Gasteiger partial charge in [0, 0.05) is 6.54 Å². The minimum Gasteiger partial charge on any atom is -0.368 e. The lowest BCUT2D eigenvalue weighted by Gasteiger charge is -2.35. The van der Waals surface area contributed by atoms with Crippen molar-refractivity contribution >= 4 is 21.8 Å². The smallest absolute Gasteiger partial charge is 0.305 e. The molecule has 1 aromatic rings. The van der Waals surface area contributed by atoms with Crippen molar-refractivity contribution in [1.82, 2.24) is 9.21 Å². The van der Waals surface area contributed by atoms with Gasteiger partial charge in [-0.05, 0) is 94.1 Å². The fourth-order valence-electron chi connectivity index (χ4n) is 5.69. The van der Waals surface area contributed by atoms with E-state index in [0.29, 0.717) is 18.7 Å². The Kier molecular flexibility index (Phi) is 4.87. The third-order valence-electron chi connectivity index (χ3n) is 7.83. The maximum Gasteiger partial charge on any atom is 0.305 e. The first-order valence-corrected chi connectivity index (χ1v) is 12.7. The number of fused-ring (bicyclic) bond motifs is 1. The summed E-state index contributed by atoms with van der Waals surface area (Å²) < 4.78 is 29.2. The van der Waals surface area contributed by atoms with E-state index < -0.39 is 21.7 Å². The Morgan fingerprint density at radius 1 is 0.967 bits per heavy atom. The van der Waals surface area contributed by atoms with Gasteiger partial charge in [-0.3, -0.25) is 9.10 Å². The number of benzene rings is 1. The molecule has 4 aliphatic rings. The Morgan fingerprint density at radius 3 is 2.23 bits per heavy atom. The second-order valence-corrected chi connectivity index (χ2v) is 11.3. The maximum absolute atomic E-state index is 13.2. The molecule has 5 rings (SSSR count). The van der Waals surface area contributed by atoms with Crippen LogP contribution in [0.3, 0.4) is 0 Å². The van der Waals surface area contributed by atoms with Crippen molar-refractivity contribution in [3.05, 3.63) is 29.8 Å². The van der Waals surface area contributed by atoms with Crippen molar-refractivity contribution in [1.29, 1.82) is 0 Å². The van der Waals surface area contributed by atoms with E-state index in [0.717, 1.165) is 19.4 Å². The predicted octanol–water partition coefficient (Wildman–Crippen LogP) is 1.98. The topological polar surface area (TPSA) is 86.9 Å². The minimum absolute atomic E-state index is 0.115. The van der Waals surface area contributed by atoms with Crippen molar-refractivity contribution in [2.45, 2.75) is 62.3 Å². The van der Waals surface area contributed by atoms with Crippen molar-refractivity contribution in [3.63, 3.8) is 0 Å². The first kappa shape index (κ1) is 20.3. The van der Waals surface area contributed by atoms with E-state index in [1.165, 1.54) is 59.4 Å². The number of carbonyl (C=O) groups excluding carboxylic acids is 1. The normalized spacial score (nSPS) is 30.3. The number of anilines is 1. The van der Waals surface area contributed by atoms with Gasteiger partial charge in [0.05, 0.1) is 12.2 Å². The molecule has 3 aliphatic heterocycles. The molecule has 3 heterocycles. The summed E-state index contributed by atoms with van der Waals surface area (Å²) in [4.78, 5) is 14.8. The van der Waals surface area contributed by atoms with Crippen molar-refractivity contribution in [2.75, 3.05) is 37.0 Å². The summed E-state index contributed by atoms with van der Waals surface area (Å²) in [5, 5.41) is 0. The number of nitrogens with zero attached hydrogens (tertiary/aromatic N) is 3. The van der Waals surface area contributed by atoms with Gasteiger partial charge in [-0.25, -0.2) is 0 Å². The van der Waals surface area contributed by atoms with Crippen LogP contribution in [0.2, 0.25) is 0 Å². The molecule has 2 N–H and O–H groups in total. The monoisotopic (exact) mass is 432 g/mol. The van der Waals surface area contributed by atoms with Gasteiger partial charge in [-0.1, -0.05) is 12.1 Å². The van der Waals surface area contributed by atoms with E-state index in [-0.39, 0.29) is 12.0 Å². The third-order valence-corrected chi connectivity index (χ3v) is 9.81. The average Bonchev–Trinajstić information content (AvgIpc) is 3.25. The Bertz CT molecular complexity index is 922. The highest BCUT2D eigenvalue weighted by atomic mass is 32.2. The summed E-state index contributed by atoms with van der Waals surface area (Å²) in [6.07, 6.45) is 8.30. The molecule has 3 saturated heterocycles. The number of piperidine rings is 1. The molecular formula is C22H32N4O3S. The largest absolute Gasteiger partial charge is 0.368 e. The van der Waals surface area contributed by atoms with Gasteiger partial charge in [-0.2, -0.15) is 12.7 Å². The lowest BCUT2D eigenvalue weighted by Crippen LogP contribution is -2.58. The molecule has 164 valence electrons. The zero-order valence-electron chi connectivity index (χ0n) is 17.6. The van der Waals surface area contributed by atoms with Crippen LogP contribution in [0, 0.1) is 0 Å². The van der Waals surface area contributed by atoms with Gasteiger partial charge < -0.3 is 10.6 Å². The molecule has 0 unspecified atom stereocenters. The highest BCUT2D eigenvalue weighted by Crippen LogP contribution is 2.51. The lowest BCUT2D eigenvalue weighted by molar-refractivity contribution is -0.127. The van der Waals surface area contributed by atoms with Gasteiger partial charge in [0.1, 0.15) is 5.54 Å². The van der Waals surface area contributed by atoms with Crippen LogP contribution in [0.25, 0.3) is 0 Å². The molecule has 1 amide bonds. The highest BCUT2D eigenvalue weighted by molar-refractivity contribution is 7.90. The van der Waals surface area contributed by atoms with E-state index >= 15 is 0 Å². The van der Waals surface area contributed by atoms with Gasteiger partial charge in [-0.15, -0.1) is 0 Å². The van der Waals surface area contributed by atoms with Gasteiger partial charge in [0.2, 0.25) is 5.91 Å². The zero-order valence-corrected chi connectivity index (χ0v) is 18.4. The molecule has 1 saturated carbocycles. The van der Waals surface area contributed by atoms with Crippen LogP contribution in [0.1, 0.15) is 56.9 Å². The van der Waals surface area contributed by atoms with Crippen LogP contribution in [-0.4, -0.2) is 61.8 Å².